The molecular weight excluding hydrogens is 140 g/mol. The lowest BCUT2D eigenvalue weighted by molar-refractivity contribution is -0.142. The van der Waals surface area contributed by atoms with E-state index in [2.05, 4.69) is 0 Å². The van der Waals surface area contributed by atoms with Crippen LogP contribution in [0.3, 0.4) is 0 Å². The van der Waals surface area contributed by atoms with E-state index in [1.54, 1.807) is 0 Å². The van der Waals surface area contributed by atoms with E-state index in [4.69, 9.17) is 16.3 Å². The number of hydrogen-bond acceptors (Lipinski definition) is 2. The van der Waals surface area contributed by atoms with E-state index in [0.717, 1.165) is 12.8 Å². The van der Waals surface area contributed by atoms with Gasteiger partial charge in [-0.15, -0.1) is 11.6 Å². The van der Waals surface area contributed by atoms with E-state index in [1.165, 1.54) is 0 Å². The second kappa shape index (κ2) is 3.06. The Bertz CT molecular complexity index is 114. The Morgan fingerprint density at radius 2 is 2.33 bits per heavy atom. The molecule has 1 saturated heterocycles. The average molecular weight is 149 g/mol. The van der Waals surface area contributed by atoms with Gasteiger partial charge in [0.2, 0.25) is 0 Å². The fourth-order valence-corrected chi connectivity index (χ4v) is 0.990. The van der Waals surface area contributed by atoms with Crippen molar-refractivity contribution in [3.05, 3.63) is 0 Å². The number of rotatable bonds is 0. The molecule has 9 heavy (non-hydrogen) atoms. The van der Waals surface area contributed by atoms with Crippen molar-refractivity contribution in [1.29, 1.82) is 0 Å². The molecule has 1 heterocycles. The molecule has 0 aromatic heterocycles. The standard InChI is InChI=1S/C6H9ClO2/c7-5-1-2-6(8)9-4-3-5/h5H,1-4H2/t5-/m0/s1. The van der Waals surface area contributed by atoms with E-state index in [9.17, 15) is 4.79 Å². The fraction of sp³-hybridized carbons (Fsp3) is 0.833. The van der Waals surface area contributed by atoms with Crippen LogP contribution in [0.15, 0.2) is 0 Å². The molecule has 1 fully saturated rings. The summed E-state index contributed by atoms with van der Waals surface area (Å²) in [7, 11) is 0. The second-order valence-electron chi connectivity index (χ2n) is 2.15. The zero-order valence-electron chi connectivity index (χ0n) is 5.10. The van der Waals surface area contributed by atoms with E-state index < -0.39 is 0 Å². The minimum atomic E-state index is -0.113. The lowest BCUT2D eigenvalue weighted by Crippen LogP contribution is -2.00. The van der Waals surface area contributed by atoms with Crippen molar-refractivity contribution in [3.8, 4) is 0 Å². The van der Waals surface area contributed by atoms with Gasteiger partial charge >= 0.3 is 5.97 Å². The Labute approximate surface area is 59.1 Å². The molecule has 1 aliphatic rings. The van der Waals surface area contributed by atoms with E-state index in [0.29, 0.717) is 13.0 Å². The van der Waals surface area contributed by atoms with Crippen LogP contribution in [0.5, 0.6) is 0 Å². The van der Waals surface area contributed by atoms with Crippen LogP contribution in [0.4, 0.5) is 0 Å². The van der Waals surface area contributed by atoms with E-state index in [1.807, 2.05) is 0 Å². The molecule has 1 rings (SSSR count). The van der Waals surface area contributed by atoms with Gasteiger partial charge in [0.15, 0.2) is 0 Å². The first-order valence-electron chi connectivity index (χ1n) is 3.09. The van der Waals surface area contributed by atoms with Crippen LogP contribution in [0, 0.1) is 0 Å². The maximum Gasteiger partial charge on any atom is 0.305 e. The van der Waals surface area contributed by atoms with Gasteiger partial charge in [0, 0.05) is 11.8 Å². The molecule has 0 spiro atoms. The molecular formula is C6H9ClO2. The van der Waals surface area contributed by atoms with Crippen molar-refractivity contribution < 1.29 is 9.53 Å². The number of cyclic esters (lactones) is 1. The number of esters is 1. The molecule has 0 unspecified atom stereocenters. The van der Waals surface area contributed by atoms with Crippen molar-refractivity contribution >= 4 is 17.6 Å². The minimum absolute atomic E-state index is 0.113. The summed E-state index contributed by atoms with van der Waals surface area (Å²) < 4.78 is 4.75. The third-order valence-corrected chi connectivity index (χ3v) is 1.79. The zero-order chi connectivity index (χ0) is 6.69. The SMILES string of the molecule is O=C1CC[C@H](Cl)CCO1. The van der Waals surface area contributed by atoms with Gasteiger partial charge in [-0.05, 0) is 12.8 Å². The number of carbonyl (C=O) groups is 1. The van der Waals surface area contributed by atoms with Gasteiger partial charge in [-0.1, -0.05) is 0 Å². The zero-order valence-corrected chi connectivity index (χ0v) is 5.86. The Morgan fingerprint density at radius 1 is 1.56 bits per heavy atom. The molecule has 0 N–H and O–H groups in total. The van der Waals surface area contributed by atoms with Crippen molar-refractivity contribution in [3.63, 3.8) is 0 Å². The summed E-state index contributed by atoms with van der Waals surface area (Å²) in [5.74, 6) is -0.113. The first kappa shape index (κ1) is 6.87. The van der Waals surface area contributed by atoms with Crippen molar-refractivity contribution in [2.45, 2.75) is 24.6 Å². The van der Waals surface area contributed by atoms with Gasteiger partial charge in [-0.3, -0.25) is 4.79 Å². The molecule has 52 valence electrons. The Kier molecular flexibility index (Phi) is 2.34. The number of ether oxygens (including phenoxy) is 1. The largest absolute Gasteiger partial charge is 0.466 e. The van der Waals surface area contributed by atoms with Crippen LogP contribution in [-0.4, -0.2) is 18.0 Å². The quantitative estimate of drug-likeness (QED) is 0.383. The summed E-state index contributed by atoms with van der Waals surface area (Å²) in [6.45, 7) is 0.493. The van der Waals surface area contributed by atoms with Gasteiger partial charge in [0.05, 0.1) is 6.61 Å². The van der Waals surface area contributed by atoms with Crippen molar-refractivity contribution in [2.75, 3.05) is 6.61 Å². The van der Waals surface area contributed by atoms with Gasteiger partial charge in [-0.2, -0.15) is 0 Å². The summed E-state index contributed by atoms with van der Waals surface area (Å²) >= 11 is 5.75. The number of carbonyl (C=O) groups excluding carboxylic acids is 1. The maximum atomic E-state index is 10.5. The van der Waals surface area contributed by atoms with Gasteiger partial charge in [0.1, 0.15) is 0 Å². The van der Waals surface area contributed by atoms with Gasteiger partial charge in [-0.25, -0.2) is 0 Å². The molecule has 0 aromatic rings. The summed E-state index contributed by atoms with van der Waals surface area (Å²) in [5.41, 5.74) is 0. The molecule has 1 atom stereocenters. The third kappa shape index (κ3) is 2.22. The lowest BCUT2D eigenvalue weighted by Gasteiger charge is -1.98. The molecule has 0 radical (unpaired) electrons. The van der Waals surface area contributed by atoms with Gasteiger partial charge < -0.3 is 4.74 Å². The topological polar surface area (TPSA) is 26.3 Å². The summed E-state index contributed by atoms with van der Waals surface area (Å²) in [6.07, 6.45) is 2.04. The first-order chi connectivity index (χ1) is 4.29. The van der Waals surface area contributed by atoms with Gasteiger partial charge in [0.25, 0.3) is 0 Å². The van der Waals surface area contributed by atoms with Crippen LogP contribution in [0.1, 0.15) is 19.3 Å². The summed E-state index contributed by atoms with van der Waals surface area (Å²) in [6, 6.07) is 0. The molecule has 1 aliphatic heterocycles. The molecule has 0 saturated carbocycles. The second-order valence-corrected chi connectivity index (χ2v) is 2.76. The highest BCUT2D eigenvalue weighted by Gasteiger charge is 2.13. The number of hydrogen-bond donors (Lipinski definition) is 0. The average Bonchev–Trinajstić information content (AvgIpc) is 1.97. The number of halogens is 1. The predicted octanol–water partition coefficient (Wildman–Crippen LogP) is 1.32. The highest BCUT2D eigenvalue weighted by molar-refractivity contribution is 6.20. The monoisotopic (exact) mass is 148 g/mol. The molecule has 0 bridgehead atoms. The summed E-state index contributed by atoms with van der Waals surface area (Å²) in [5, 5.41) is 0.136. The summed E-state index contributed by atoms with van der Waals surface area (Å²) in [4.78, 5) is 10.5. The van der Waals surface area contributed by atoms with Crippen LogP contribution in [0.25, 0.3) is 0 Å². The normalized spacial score (nSPS) is 29.0. The Morgan fingerprint density at radius 3 is 3.11 bits per heavy atom. The van der Waals surface area contributed by atoms with Crippen molar-refractivity contribution in [2.24, 2.45) is 0 Å². The molecule has 0 aliphatic carbocycles. The van der Waals surface area contributed by atoms with Crippen LogP contribution in [-0.2, 0) is 9.53 Å². The first-order valence-corrected chi connectivity index (χ1v) is 3.52. The molecule has 2 nitrogen and oxygen atoms in total. The number of alkyl halides is 1. The molecule has 0 aromatic carbocycles. The third-order valence-electron chi connectivity index (χ3n) is 1.36. The lowest BCUT2D eigenvalue weighted by atomic mass is 10.2. The molecule has 0 amide bonds. The smallest absolute Gasteiger partial charge is 0.305 e. The van der Waals surface area contributed by atoms with Crippen LogP contribution in [0.2, 0.25) is 0 Å². The van der Waals surface area contributed by atoms with Crippen molar-refractivity contribution in [1.82, 2.24) is 0 Å². The predicted molar refractivity (Wildman–Crippen MR) is 34.5 cm³/mol. The Hall–Kier alpha value is -0.240. The molecule has 3 heteroatoms. The highest BCUT2D eigenvalue weighted by Crippen LogP contribution is 2.14. The Balaban J connectivity index is 2.34. The maximum absolute atomic E-state index is 10.5. The minimum Gasteiger partial charge on any atom is -0.466 e. The van der Waals surface area contributed by atoms with E-state index >= 15 is 0 Å². The fourth-order valence-electron chi connectivity index (χ4n) is 0.792. The highest BCUT2D eigenvalue weighted by atomic mass is 35.5. The van der Waals surface area contributed by atoms with Crippen LogP contribution >= 0.6 is 11.6 Å². The van der Waals surface area contributed by atoms with Crippen LogP contribution < -0.4 is 0 Å². The van der Waals surface area contributed by atoms with E-state index in [-0.39, 0.29) is 11.3 Å².